The second-order valence-corrected chi connectivity index (χ2v) is 7.98. The average Bonchev–Trinajstić information content (AvgIpc) is 3.42. The molecule has 4 rings (SSSR count). The van der Waals surface area contributed by atoms with Crippen molar-refractivity contribution in [3.05, 3.63) is 54.4 Å². The molecule has 2 aliphatic heterocycles. The Morgan fingerprint density at radius 2 is 1.72 bits per heavy atom. The maximum atomic E-state index is 12.8. The molecule has 2 amide bonds. The van der Waals surface area contributed by atoms with Gasteiger partial charge in [-0.05, 0) is 61.2 Å². The van der Waals surface area contributed by atoms with E-state index in [2.05, 4.69) is 22.0 Å². The van der Waals surface area contributed by atoms with Crippen molar-refractivity contribution in [3.63, 3.8) is 0 Å². The van der Waals surface area contributed by atoms with Gasteiger partial charge in [0.25, 0.3) is 0 Å². The SMILES string of the molecule is CN(CCc1ccncc1)C(=O)C1CC(=O)N(c2ccc(N3CCCC3)cc2)C1. The zero-order valence-electron chi connectivity index (χ0n) is 17.0. The number of carbonyl (C=O) groups excluding carboxylic acids is 2. The highest BCUT2D eigenvalue weighted by atomic mass is 16.2. The predicted octanol–water partition coefficient (Wildman–Crippen LogP) is 2.74. The van der Waals surface area contributed by atoms with Crippen molar-refractivity contribution in [2.45, 2.75) is 25.7 Å². The van der Waals surface area contributed by atoms with Gasteiger partial charge in [-0.3, -0.25) is 14.6 Å². The van der Waals surface area contributed by atoms with E-state index in [1.54, 1.807) is 22.2 Å². The summed E-state index contributed by atoms with van der Waals surface area (Å²) in [5.41, 5.74) is 3.25. The molecule has 0 saturated carbocycles. The van der Waals surface area contributed by atoms with Crippen molar-refractivity contribution < 1.29 is 9.59 Å². The molecule has 29 heavy (non-hydrogen) atoms. The zero-order chi connectivity index (χ0) is 20.2. The molecule has 1 unspecified atom stereocenters. The number of benzene rings is 1. The molecule has 6 nitrogen and oxygen atoms in total. The van der Waals surface area contributed by atoms with Crippen LogP contribution >= 0.6 is 0 Å². The van der Waals surface area contributed by atoms with Gasteiger partial charge in [0.05, 0.1) is 5.92 Å². The number of pyridine rings is 1. The molecular weight excluding hydrogens is 364 g/mol. The first-order valence-corrected chi connectivity index (χ1v) is 10.4. The Balaban J connectivity index is 1.35. The quantitative estimate of drug-likeness (QED) is 0.759. The molecule has 1 aromatic heterocycles. The van der Waals surface area contributed by atoms with Gasteiger partial charge in [0, 0.05) is 63.4 Å². The molecule has 0 bridgehead atoms. The van der Waals surface area contributed by atoms with Gasteiger partial charge in [-0.1, -0.05) is 0 Å². The normalized spacial score (nSPS) is 19.1. The molecule has 1 aromatic carbocycles. The smallest absolute Gasteiger partial charge is 0.227 e. The molecule has 2 fully saturated rings. The standard InChI is InChI=1S/C23H28N4O2/c1-25(15-10-18-8-11-24-12-9-18)23(29)19-16-22(28)27(17-19)21-6-4-20(5-7-21)26-13-2-3-14-26/h4-9,11-12,19H,2-3,10,13-17H2,1H3. The number of rotatable bonds is 6. The molecule has 2 aromatic rings. The molecule has 152 valence electrons. The Morgan fingerprint density at radius 3 is 2.41 bits per heavy atom. The highest BCUT2D eigenvalue weighted by Crippen LogP contribution is 2.29. The summed E-state index contributed by atoms with van der Waals surface area (Å²) in [7, 11) is 1.82. The van der Waals surface area contributed by atoms with Crippen LogP contribution in [0.3, 0.4) is 0 Å². The van der Waals surface area contributed by atoms with Crippen molar-refractivity contribution >= 4 is 23.2 Å². The number of carbonyl (C=O) groups is 2. The lowest BCUT2D eigenvalue weighted by atomic mass is 10.1. The van der Waals surface area contributed by atoms with E-state index in [-0.39, 0.29) is 24.2 Å². The number of anilines is 2. The van der Waals surface area contributed by atoms with Crippen molar-refractivity contribution in [1.82, 2.24) is 9.88 Å². The molecule has 3 heterocycles. The fourth-order valence-electron chi connectivity index (χ4n) is 4.21. The van der Waals surface area contributed by atoms with Gasteiger partial charge >= 0.3 is 0 Å². The van der Waals surface area contributed by atoms with Gasteiger partial charge in [-0.15, -0.1) is 0 Å². The van der Waals surface area contributed by atoms with E-state index in [0.29, 0.717) is 13.1 Å². The molecule has 0 radical (unpaired) electrons. The molecule has 6 heteroatoms. The minimum Gasteiger partial charge on any atom is -0.372 e. The fraction of sp³-hybridized carbons (Fsp3) is 0.435. The van der Waals surface area contributed by atoms with Crippen LogP contribution in [0.2, 0.25) is 0 Å². The first-order valence-electron chi connectivity index (χ1n) is 10.4. The van der Waals surface area contributed by atoms with Crippen LogP contribution in [-0.4, -0.2) is 54.9 Å². The Labute approximate surface area is 172 Å². The predicted molar refractivity (Wildman–Crippen MR) is 114 cm³/mol. The molecule has 1 atom stereocenters. The lowest BCUT2D eigenvalue weighted by Crippen LogP contribution is -2.36. The lowest BCUT2D eigenvalue weighted by molar-refractivity contribution is -0.134. The van der Waals surface area contributed by atoms with Crippen LogP contribution in [0.25, 0.3) is 0 Å². The summed E-state index contributed by atoms with van der Waals surface area (Å²) in [4.78, 5) is 35.3. The summed E-state index contributed by atoms with van der Waals surface area (Å²) in [6.07, 6.45) is 7.08. The Morgan fingerprint density at radius 1 is 1.07 bits per heavy atom. The van der Waals surface area contributed by atoms with Crippen molar-refractivity contribution in [2.75, 3.05) is 43.0 Å². The minimum atomic E-state index is -0.275. The van der Waals surface area contributed by atoms with E-state index in [9.17, 15) is 9.59 Å². The van der Waals surface area contributed by atoms with E-state index < -0.39 is 0 Å². The van der Waals surface area contributed by atoms with Crippen LogP contribution in [0.4, 0.5) is 11.4 Å². The summed E-state index contributed by atoms with van der Waals surface area (Å²) in [6.45, 7) is 3.30. The second kappa shape index (κ2) is 8.64. The Hall–Kier alpha value is -2.89. The first kappa shape index (κ1) is 19.4. The third-order valence-corrected chi connectivity index (χ3v) is 5.97. The van der Waals surface area contributed by atoms with Crippen molar-refractivity contribution in [1.29, 1.82) is 0 Å². The summed E-state index contributed by atoms with van der Waals surface area (Å²) < 4.78 is 0. The van der Waals surface area contributed by atoms with E-state index in [1.807, 2.05) is 31.3 Å². The van der Waals surface area contributed by atoms with Gasteiger partial charge in [0.15, 0.2) is 0 Å². The van der Waals surface area contributed by atoms with Crippen molar-refractivity contribution in [3.8, 4) is 0 Å². The molecule has 0 aliphatic carbocycles. The van der Waals surface area contributed by atoms with Crippen LogP contribution in [0.5, 0.6) is 0 Å². The summed E-state index contributed by atoms with van der Waals surface area (Å²) >= 11 is 0. The average molecular weight is 393 g/mol. The number of nitrogens with zero attached hydrogens (tertiary/aromatic N) is 4. The summed E-state index contributed by atoms with van der Waals surface area (Å²) in [5.74, 6) is -0.202. The summed E-state index contributed by atoms with van der Waals surface area (Å²) in [5, 5.41) is 0. The van der Waals surface area contributed by atoms with Crippen LogP contribution in [0, 0.1) is 5.92 Å². The molecule has 0 N–H and O–H groups in total. The molecule has 2 saturated heterocycles. The number of hydrogen-bond donors (Lipinski definition) is 0. The lowest BCUT2D eigenvalue weighted by Gasteiger charge is -2.22. The van der Waals surface area contributed by atoms with Crippen molar-refractivity contribution in [2.24, 2.45) is 5.92 Å². The monoisotopic (exact) mass is 392 g/mol. The van der Waals surface area contributed by atoms with Gasteiger partial charge in [-0.2, -0.15) is 0 Å². The van der Waals surface area contributed by atoms with Gasteiger partial charge in [0.1, 0.15) is 0 Å². The topological polar surface area (TPSA) is 56.8 Å². The van der Waals surface area contributed by atoms with Gasteiger partial charge in [-0.25, -0.2) is 0 Å². The second-order valence-electron chi connectivity index (χ2n) is 7.98. The summed E-state index contributed by atoms with van der Waals surface area (Å²) in [6, 6.07) is 12.1. The Bertz CT molecular complexity index is 847. The number of likely N-dealkylation sites (N-methyl/N-ethyl adjacent to an activating group) is 1. The maximum Gasteiger partial charge on any atom is 0.227 e. The largest absolute Gasteiger partial charge is 0.372 e. The van der Waals surface area contributed by atoms with Gasteiger partial charge in [0.2, 0.25) is 11.8 Å². The van der Waals surface area contributed by atoms with E-state index in [0.717, 1.165) is 30.8 Å². The van der Waals surface area contributed by atoms with Crippen LogP contribution < -0.4 is 9.80 Å². The highest BCUT2D eigenvalue weighted by molar-refractivity contribution is 6.00. The van der Waals surface area contributed by atoms with Gasteiger partial charge < -0.3 is 14.7 Å². The highest BCUT2D eigenvalue weighted by Gasteiger charge is 2.36. The van der Waals surface area contributed by atoms with E-state index in [1.165, 1.54) is 18.5 Å². The fourth-order valence-corrected chi connectivity index (χ4v) is 4.21. The molecule has 2 aliphatic rings. The number of amides is 2. The van der Waals surface area contributed by atoms with Crippen LogP contribution in [0.1, 0.15) is 24.8 Å². The molecular formula is C23H28N4O2. The first-order chi connectivity index (χ1) is 14.1. The van der Waals surface area contributed by atoms with E-state index >= 15 is 0 Å². The third-order valence-electron chi connectivity index (χ3n) is 5.97. The molecule has 0 spiro atoms. The number of aromatic nitrogens is 1. The Kier molecular flexibility index (Phi) is 5.79. The van der Waals surface area contributed by atoms with Crippen LogP contribution in [-0.2, 0) is 16.0 Å². The zero-order valence-corrected chi connectivity index (χ0v) is 17.0. The minimum absolute atomic E-state index is 0.0276. The maximum absolute atomic E-state index is 12.8. The number of hydrogen-bond acceptors (Lipinski definition) is 4. The third kappa shape index (κ3) is 4.42. The van der Waals surface area contributed by atoms with E-state index in [4.69, 9.17) is 0 Å². The van der Waals surface area contributed by atoms with Crippen LogP contribution in [0.15, 0.2) is 48.8 Å².